The molecule has 256 valence electrons. The molecule has 0 spiro atoms. The minimum atomic E-state index is -1.90. The molecule has 0 aromatic carbocycles. The number of carboxylic acid groups (broad SMARTS) is 1. The van der Waals surface area contributed by atoms with Gasteiger partial charge in [0, 0.05) is 37.9 Å². The van der Waals surface area contributed by atoms with Crippen molar-refractivity contribution in [3.63, 3.8) is 0 Å². The fourth-order valence-electron chi connectivity index (χ4n) is 3.43. The van der Waals surface area contributed by atoms with E-state index in [-0.39, 0.29) is 94.8 Å². The summed E-state index contributed by atoms with van der Waals surface area (Å²) < 4.78 is 21.1. The molecule has 16 nitrogen and oxygen atoms in total. The Morgan fingerprint density at radius 1 is 0.659 bits per heavy atom. The van der Waals surface area contributed by atoms with Gasteiger partial charge in [0.1, 0.15) is 19.3 Å². The quantitative estimate of drug-likeness (QED) is 0.0376. The van der Waals surface area contributed by atoms with E-state index in [2.05, 4.69) is 21.3 Å². The lowest BCUT2D eigenvalue weighted by Crippen LogP contribution is -2.45. The smallest absolute Gasteiger partial charge is 0.320 e. The van der Waals surface area contributed by atoms with Crippen molar-refractivity contribution in [2.45, 2.75) is 77.8 Å². The summed E-state index contributed by atoms with van der Waals surface area (Å²) in [4.78, 5) is 58.7. The molecule has 0 aliphatic heterocycles. The standard InChI is InChI=1S/C28H52N4O12/c1-19(2)23(33)17-43-15-13-42-12-10-30-26(36)18-44-16-14-41-11-9-29-24(34)7-5-22(28(39)40)32-25(35)8-6-21(27(37)38)31-20(3)4/h19-22,28,31,39-40H,5-18H2,1-4H3,(H,29,34)(H,30,36)(H,32,35)(H,37,38)/t21-,22-/m0/s1. The van der Waals surface area contributed by atoms with Crippen LogP contribution in [0.25, 0.3) is 0 Å². The number of ketones is 1. The van der Waals surface area contributed by atoms with E-state index in [0.29, 0.717) is 26.4 Å². The number of amides is 3. The van der Waals surface area contributed by atoms with Gasteiger partial charge in [0.2, 0.25) is 17.7 Å². The molecular weight excluding hydrogens is 584 g/mol. The largest absolute Gasteiger partial charge is 0.480 e. The van der Waals surface area contributed by atoms with Gasteiger partial charge in [0.25, 0.3) is 0 Å². The van der Waals surface area contributed by atoms with Gasteiger partial charge in [0.15, 0.2) is 12.1 Å². The van der Waals surface area contributed by atoms with Crippen molar-refractivity contribution in [2.75, 3.05) is 65.9 Å². The minimum Gasteiger partial charge on any atom is -0.480 e. The molecular formula is C28H52N4O12. The van der Waals surface area contributed by atoms with Gasteiger partial charge in [-0.25, -0.2) is 0 Å². The van der Waals surface area contributed by atoms with Crippen molar-refractivity contribution in [3.8, 4) is 0 Å². The van der Waals surface area contributed by atoms with Crippen LogP contribution < -0.4 is 21.3 Å². The lowest BCUT2D eigenvalue weighted by molar-refractivity contribution is -0.140. The number of aliphatic hydroxyl groups excluding tert-OH is 1. The number of aliphatic hydroxyl groups is 2. The van der Waals surface area contributed by atoms with Gasteiger partial charge in [-0.3, -0.25) is 24.0 Å². The van der Waals surface area contributed by atoms with Crippen molar-refractivity contribution >= 4 is 29.5 Å². The third-order valence-electron chi connectivity index (χ3n) is 5.88. The molecule has 0 saturated carbocycles. The molecule has 0 aromatic heterocycles. The molecule has 0 rings (SSSR count). The highest BCUT2D eigenvalue weighted by atomic mass is 16.5. The molecule has 2 atom stereocenters. The lowest BCUT2D eigenvalue weighted by atomic mass is 10.1. The van der Waals surface area contributed by atoms with E-state index in [1.54, 1.807) is 13.8 Å². The number of nitrogens with one attached hydrogen (secondary N) is 4. The van der Waals surface area contributed by atoms with Crippen LogP contribution in [0, 0.1) is 5.92 Å². The number of aliphatic carboxylic acids is 1. The van der Waals surface area contributed by atoms with Crippen LogP contribution in [0.3, 0.4) is 0 Å². The first-order chi connectivity index (χ1) is 20.8. The molecule has 0 unspecified atom stereocenters. The number of Topliss-reactive ketones (excluding diaryl/α,β-unsaturated/α-hetero) is 1. The van der Waals surface area contributed by atoms with Gasteiger partial charge in [-0.15, -0.1) is 0 Å². The number of ether oxygens (including phenoxy) is 4. The third kappa shape index (κ3) is 23.7. The van der Waals surface area contributed by atoms with Crippen LogP contribution in [0.5, 0.6) is 0 Å². The van der Waals surface area contributed by atoms with Gasteiger partial charge in [-0.2, -0.15) is 0 Å². The van der Waals surface area contributed by atoms with Crippen LogP contribution in [-0.4, -0.2) is 135 Å². The molecule has 3 amide bonds. The van der Waals surface area contributed by atoms with E-state index >= 15 is 0 Å². The average Bonchev–Trinajstić information content (AvgIpc) is 2.95. The van der Waals surface area contributed by atoms with Crippen LogP contribution in [-0.2, 0) is 42.9 Å². The number of carbonyl (C=O) groups is 5. The van der Waals surface area contributed by atoms with Crippen molar-refractivity contribution < 1.29 is 58.2 Å². The van der Waals surface area contributed by atoms with Crippen LogP contribution in [0.4, 0.5) is 0 Å². The summed E-state index contributed by atoms with van der Waals surface area (Å²) in [5.41, 5.74) is 0. The second-order valence-corrected chi connectivity index (χ2v) is 10.5. The second-order valence-electron chi connectivity index (χ2n) is 10.5. The number of carbonyl (C=O) groups excluding carboxylic acids is 4. The molecule has 0 saturated heterocycles. The Labute approximate surface area is 258 Å². The highest BCUT2D eigenvalue weighted by molar-refractivity contribution is 5.81. The van der Waals surface area contributed by atoms with Crippen LogP contribution in [0.2, 0.25) is 0 Å². The summed E-state index contributed by atoms with van der Waals surface area (Å²) in [6.45, 7) is 9.05. The summed E-state index contributed by atoms with van der Waals surface area (Å²) >= 11 is 0. The molecule has 0 aliphatic carbocycles. The predicted molar refractivity (Wildman–Crippen MR) is 157 cm³/mol. The third-order valence-corrected chi connectivity index (χ3v) is 5.88. The van der Waals surface area contributed by atoms with Crippen LogP contribution >= 0.6 is 0 Å². The summed E-state index contributed by atoms with van der Waals surface area (Å²) in [5, 5.41) is 38.8. The fourth-order valence-corrected chi connectivity index (χ4v) is 3.43. The maximum absolute atomic E-state index is 12.2. The summed E-state index contributed by atoms with van der Waals surface area (Å²) in [5.74, 6) is -2.37. The Morgan fingerprint density at radius 2 is 1.18 bits per heavy atom. The SMILES string of the molecule is CC(C)N[C@@H](CCC(=O)N[C@@H](CCC(=O)NCCOCCOCC(=O)NCCOCCOCC(=O)C(C)C)C(O)O)C(=O)O. The molecule has 0 bridgehead atoms. The van der Waals surface area contributed by atoms with Crippen LogP contribution in [0.1, 0.15) is 53.4 Å². The average molecular weight is 637 g/mol. The van der Waals surface area contributed by atoms with Crippen molar-refractivity contribution in [2.24, 2.45) is 5.92 Å². The lowest BCUT2D eigenvalue weighted by Gasteiger charge is -2.21. The maximum Gasteiger partial charge on any atom is 0.320 e. The first-order valence-electron chi connectivity index (χ1n) is 14.8. The molecule has 0 aliphatic rings. The zero-order valence-electron chi connectivity index (χ0n) is 26.3. The van der Waals surface area contributed by atoms with Crippen molar-refractivity contribution in [1.29, 1.82) is 0 Å². The zero-order valence-corrected chi connectivity index (χ0v) is 26.3. The molecule has 0 heterocycles. The fraction of sp³-hybridized carbons (Fsp3) is 0.821. The Hall–Kier alpha value is -2.73. The normalized spacial score (nSPS) is 12.8. The van der Waals surface area contributed by atoms with E-state index in [9.17, 15) is 39.3 Å². The molecule has 44 heavy (non-hydrogen) atoms. The van der Waals surface area contributed by atoms with Crippen molar-refractivity contribution in [1.82, 2.24) is 21.3 Å². The topological polar surface area (TPSA) is 231 Å². The monoisotopic (exact) mass is 636 g/mol. The summed E-state index contributed by atoms with van der Waals surface area (Å²) in [6, 6.07) is -2.11. The highest BCUT2D eigenvalue weighted by Gasteiger charge is 2.23. The summed E-state index contributed by atoms with van der Waals surface area (Å²) in [6.07, 6.45) is -2.16. The van der Waals surface area contributed by atoms with Crippen LogP contribution in [0.15, 0.2) is 0 Å². The van der Waals surface area contributed by atoms with E-state index in [0.717, 1.165) is 0 Å². The Bertz CT molecular complexity index is 841. The van der Waals surface area contributed by atoms with Gasteiger partial charge in [-0.1, -0.05) is 27.7 Å². The highest BCUT2D eigenvalue weighted by Crippen LogP contribution is 2.05. The Balaban J connectivity index is 3.85. The molecule has 16 heteroatoms. The number of hydrogen-bond acceptors (Lipinski definition) is 12. The Kier molecular flexibility index (Phi) is 24.0. The van der Waals surface area contributed by atoms with E-state index < -0.39 is 30.3 Å². The van der Waals surface area contributed by atoms with Gasteiger partial charge in [0.05, 0.1) is 45.7 Å². The predicted octanol–water partition coefficient (Wildman–Crippen LogP) is -1.68. The minimum absolute atomic E-state index is 0.0172. The van der Waals surface area contributed by atoms with Gasteiger partial charge in [-0.05, 0) is 12.8 Å². The van der Waals surface area contributed by atoms with Gasteiger partial charge < -0.3 is 55.5 Å². The van der Waals surface area contributed by atoms with Crippen molar-refractivity contribution in [3.05, 3.63) is 0 Å². The zero-order chi connectivity index (χ0) is 33.3. The number of rotatable bonds is 28. The summed E-state index contributed by atoms with van der Waals surface area (Å²) in [7, 11) is 0. The molecule has 0 fully saturated rings. The van der Waals surface area contributed by atoms with E-state index in [1.807, 2.05) is 13.8 Å². The molecule has 0 aromatic rings. The van der Waals surface area contributed by atoms with Gasteiger partial charge >= 0.3 is 5.97 Å². The number of hydrogen-bond donors (Lipinski definition) is 7. The first-order valence-corrected chi connectivity index (χ1v) is 14.8. The first kappa shape index (κ1) is 41.3. The van der Waals surface area contributed by atoms with E-state index in [4.69, 9.17) is 18.9 Å². The maximum atomic E-state index is 12.2. The molecule has 0 radical (unpaired) electrons. The number of carboxylic acids is 1. The Morgan fingerprint density at radius 3 is 1.70 bits per heavy atom. The second kappa shape index (κ2) is 25.6. The van der Waals surface area contributed by atoms with E-state index in [1.165, 1.54) is 0 Å². The molecule has 7 N–H and O–H groups in total.